The number of sulfonamides is 2. The fourth-order valence-corrected chi connectivity index (χ4v) is 6.82. The minimum absolute atomic E-state index is 0.0956. The molecule has 0 spiro atoms. The Morgan fingerprint density at radius 1 is 1.03 bits per heavy atom. The van der Waals surface area contributed by atoms with Crippen LogP contribution in [0.1, 0.15) is 26.2 Å². The number of nitrogens with one attached hydrogen (secondary N) is 1. The Labute approximate surface area is 212 Å². The molecular weight excluding hydrogens is 506 g/mol. The van der Waals surface area contributed by atoms with E-state index < -0.39 is 32.1 Å². The van der Waals surface area contributed by atoms with Crippen LogP contribution in [0.15, 0.2) is 53.4 Å². The number of nitrogens with zero attached hydrogens (tertiary/aromatic N) is 2. The molecule has 1 atom stereocenters. The van der Waals surface area contributed by atoms with Gasteiger partial charge in [-0.25, -0.2) is 16.8 Å². The lowest BCUT2D eigenvalue weighted by molar-refractivity contribution is -0.127. The number of anilines is 1. The van der Waals surface area contributed by atoms with Gasteiger partial charge in [-0.2, -0.15) is 4.31 Å². The van der Waals surface area contributed by atoms with E-state index in [0.717, 1.165) is 19.3 Å². The molecule has 0 saturated carbocycles. The first kappa shape index (κ1) is 26.2. The fourth-order valence-electron chi connectivity index (χ4n) is 4.18. The average molecular weight is 538 g/mol. The topological polar surface area (TPSA) is 122 Å². The maximum atomic E-state index is 12.8. The largest absolute Gasteiger partial charge is 0.492 e. The average Bonchev–Trinajstić information content (AvgIpc) is 2.91. The molecule has 12 heteroatoms. The van der Waals surface area contributed by atoms with Crippen molar-refractivity contribution in [1.82, 2.24) is 9.62 Å². The molecule has 0 radical (unpaired) electrons. The molecule has 1 amide bonds. The number of amides is 1. The Hall–Kier alpha value is -2.83. The number of carbonyl (C=O) groups is 1. The predicted molar refractivity (Wildman–Crippen MR) is 135 cm³/mol. The van der Waals surface area contributed by atoms with Gasteiger partial charge in [-0.1, -0.05) is 18.6 Å². The lowest BCUT2D eigenvalue weighted by Gasteiger charge is -2.34. The monoisotopic (exact) mass is 537 g/mol. The number of rotatable bonds is 9. The van der Waals surface area contributed by atoms with Gasteiger partial charge in [0.25, 0.3) is 5.91 Å². The van der Waals surface area contributed by atoms with Crippen LogP contribution >= 0.6 is 0 Å². The quantitative estimate of drug-likeness (QED) is 0.485. The maximum absolute atomic E-state index is 12.8. The van der Waals surface area contributed by atoms with Gasteiger partial charge >= 0.3 is 0 Å². The summed E-state index contributed by atoms with van der Waals surface area (Å²) >= 11 is 0. The zero-order chi connectivity index (χ0) is 25.8. The second kappa shape index (κ2) is 11.1. The molecule has 4 rings (SSSR count). The summed E-state index contributed by atoms with van der Waals surface area (Å²) in [6.07, 6.45) is 1.79. The Kier molecular flexibility index (Phi) is 8.06. The molecule has 36 heavy (non-hydrogen) atoms. The zero-order valence-corrected chi connectivity index (χ0v) is 21.8. The van der Waals surface area contributed by atoms with E-state index in [-0.39, 0.29) is 30.3 Å². The first-order valence-electron chi connectivity index (χ1n) is 12.0. The molecule has 10 nitrogen and oxygen atoms in total. The molecule has 1 saturated heterocycles. The first-order chi connectivity index (χ1) is 17.2. The summed E-state index contributed by atoms with van der Waals surface area (Å²) < 4.78 is 64.7. The molecule has 196 valence electrons. The fraction of sp³-hybridized carbons (Fsp3) is 0.458. The van der Waals surface area contributed by atoms with Crippen molar-refractivity contribution in [2.24, 2.45) is 0 Å². The maximum Gasteiger partial charge on any atom is 0.263 e. The van der Waals surface area contributed by atoms with Crippen molar-refractivity contribution >= 4 is 31.6 Å². The highest BCUT2D eigenvalue weighted by Crippen LogP contribution is 2.35. The molecule has 0 aliphatic carbocycles. The Balaban J connectivity index is 1.30. The summed E-state index contributed by atoms with van der Waals surface area (Å²) in [4.78, 5) is 12.9. The van der Waals surface area contributed by atoms with Gasteiger partial charge in [0.2, 0.25) is 20.0 Å². The van der Waals surface area contributed by atoms with Crippen LogP contribution in [0.3, 0.4) is 0 Å². The van der Waals surface area contributed by atoms with Crippen LogP contribution in [0.2, 0.25) is 0 Å². The van der Waals surface area contributed by atoms with Crippen molar-refractivity contribution < 1.29 is 31.1 Å². The number of carbonyl (C=O) groups excluding carboxylic acids is 1. The van der Waals surface area contributed by atoms with Crippen molar-refractivity contribution in [2.45, 2.75) is 37.2 Å². The number of para-hydroxylation sites is 2. The Morgan fingerprint density at radius 2 is 1.72 bits per heavy atom. The number of ether oxygens (including phenoxy) is 2. The van der Waals surface area contributed by atoms with Crippen molar-refractivity contribution in [1.29, 1.82) is 0 Å². The van der Waals surface area contributed by atoms with Crippen molar-refractivity contribution in [3.63, 3.8) is 0 Å². The molecular formula is C24H31N3O7S2. The van der Waals surface area contributed by atoms with Crippen molar-refractivity contribution in [3.8, 4) is 11.5 Å². The molecule has 1 fully saturated rings. The molecule has 0 aromatic heterocycles. The predicted octanol–water partition coefficient (Wildman–Crippen LogP) is 1.97. The van der Waals surface area contributed by atoms with Gasteiger partial charge in [-0.05, 0) is 56.2 Å². The molecule has 2 aliphatic heterocycles. The van der Waals surface area contributed by atoms with Gasteiger partial charge in [0.05, 0.1) is 29.4 Å². The van der Waals surface area contributed by atoms with Crippen molar-refractivity contribution in [3.05, 3.63) is 48.5 Å². The number of hydrogen-bond acceptors (Lipinski definition) is 7. The van der Waals surface area contributed by atoms with E-state index in [1.54, 1.807) is 43.3 Å². The standard InChI is InChI=1S/C24H31N3O7S2/c1-2-35(29,30)27-18-23(34-22-9-5-4-8-21(22)27)24(28)25-14-17-33-19-10-12-20(13-11-19)36(31,32)26-15-6-3-7-16-26/h4-5,8-13,23H,2-3,6-7,14-18H2,1H3,(H,25,28). The number of hydrogen-bond donors (Lipinski definition) is 1. The lowest BCUT2D eigenvalue weighted by atomic mass is 10.2. The molecule has 1 N–H and O–H groups in total. The van der Waals surface area contributed by atoms with Crippen LogP contribution in [0.25, 0.3) is 0 Å². The van der Waals surface area contributed by atoms with Gasteiger partial charge in [-0.3, -0.25) is 9.10 Å². The van der Waals surface area contributed by atoms with Crippen LogP contribution in [-0.4, -0.2) is 71.7 Å². The summed E-state index contributed by atoms with van der Waals surface area (Å²) in [7, 11) is -7.09. The smallest absolute Gasteiger partial charge is 0.263 e. The van der Waals surface area contributed by atoms with Crippen molar-refractivity contribution in [2.75, 3.05) is 42.8 Å². The highest BCUT2D eigenvalue weighted by atomic mass is 32.2. The van der Waals surface area contributed by atoms with Gasteiger partial charge in [-0.15, -0.1) is 0 Å². The molecule has 1 unspecified atom stereocenters. The molecule has 0 bridgehead atoms. The Bertz CT molecular complexity index is 1280. The summed E-state index contributed by atoms with van der Waals surface area (Å²) in [5.74, 6) is 0.260. The third kappa shape index (κ3) is 5.76. The van der Waals surface area contributed by atoms with Crippen LogP contribution in [0.4, 0.5) is 5.69 Å². The van der Waals surface area contributed by atoms with E-state index in [1.165, 1.54) is 20.7 Å². The van der Waals surface area contributed by atoms with E-state index in [2.05, 4.69) is 5.32 Å². The summed E-state index contributed by atoms with van der Waals surface area (Å²) in [6, 6.07) is 12.9. The minimum Gasteiger partial charge on any atom is -0.492 e. The SMILES string of the molecule is CCS(=O)(=O)N1CC(C(=O)NCCOc2ccc(S(=O)(=O)N3CCCCC3)cc2)Oc2ccccc21. The van der Waals surface area contributed by atoms with E-state index in [0.29, 0.717) is 30.3 Å². The first-order valence-corrected chi connectivity index (χ1v) is 15.0. The van der Waals surface area contributed by atoms with E-state index in [9.17, 15) is 21.6 Å². The summed E-state index contributed by atoms with van der Waals surface area (Å²) in [5, 5.41) is 2.71. The molecule has 2 aromatic rings. The van der Waals surface area contributed by atoms with E-state index in [4.69, 9.17) is 9.47 Å². The minimum atomic E-state index is -3.58. The molecule has 2 heterocycles. The molecule has 2 aliphatic rings. The van der Waals surface area contributed by atoms with E-state index in [1.807, 2.05) is 0 Å². The summed E-state index contributed by atoms with van der Waals surface area (Å²) in [5.41, 5.74) is 0.414. The highest BCUT2D eigenvalue weighted by Gasteiger charge is 2.35. The summed E-state index contributed by atoms with van der Waals surface area (Å²) in [6.45, 7) is 2.82. The number of fused-ring (bicyclic) bond motifs is 1. The van der Waals surface area contributed by atoms with Gasteiger partial charge < -0.3 is 14.8 Å². The van der Waals surface area contributed by atoms with Gasteiger partial charge in [0.15, 0.2) is 6.10 Å². The number of benzene rings is 2. The second-order valence-electron chi connectivity index (χ2n) is 8.58. The molecule has 2 aromatic carbocycles. The lowest BCUT2D eigenvalue weighted by Crippen LogP contribution is -2.51. The third-order valence-electron chi connectivity index (χ3n) is 6.17. The van der Waals surface area contributed by atoms with Crippen LogP contribution in [0.5, 0.6) is 11.5 Å². The van der Waals surface area contributed by atoms with Gasteiger partial charge in [0.1, 0.15) is 18.1 Å². The van der Waals surface area contributed by atoms with Crippen LogP contribution in [0, 0.1) is 0 Å². The van der Waals surface area contributed by atoms with Gasteiger partial charge in [0, 0.05) is 13.1 Å². The van der Waals surface area contributed by atoms with Crippen LogP contribution in [-0.2, 0) is 24.8 Å². The highest BCUT2D eigenvalue weighted by molar-refractivity contribution is 7.92. The third-order valence-corrected chi connectivity index (χ3v) is 9.83. The van der Waals surface area contributed by atoms with Crippen LogP contribution < -0.4 is 19.1 Å². The normalized spacial score (nSPS) is 18.7. The second-order valence-corrected chi connectivity index (χ2v) is 12.7. The Morgan fingerprint density at radius 3 is 2.42 bits per heavy atom. The zero-order valence-electron chi connectivity index (χ0n) is 20.1. The van der Waals surface area contributed by atoms with E-state index >= 15 is 0 Å². The number of piperidine rings is 1.